The van der Waals surface area contributed by atoms with Gasteiger partial charge in [-0.15, -0.1) is 0 Å². The van der Waals surface area contributed by atoms with Gasteiger partial charge in [-0.3, -0.25) is 4.79 Å². The molecule has 0 fully saturated rings. The summed E-state index contributed by atoms with van der Waals surface area (Å²) < 4.78 is 39.5. The highest BCUT2D eigenvalue weighted by Crippen LogP contribution is 2.34. The largest absolute Gasteiger partial charge is 0.482 e. The number of carbonyl (C=O) groups is 1. The molecule has 0 saturated carbocycles. The van der Waals surface area contributed by atoms with E-state index in [9.17, 15) is 13.2 Å². The van der Waals surface area contributed by atoms with Crippen LogP contribution >= 0.6 is 0 Å². The van der Waals surface area contributed by atoms with Crippen LogP contribution in [0.2, 0.25) is 0 Å². The van der Waals surface area contributed by atoms with Crippen LogP contribution < -0.4 is 14.8 Å². The number of sulfonamides is 1. The molecule has 2 aliphatic rings. The highest BCUT2D eigenvalue weighted by molar-refractivity contribution is 7.89. The van der Waals surface area contributed by atoms with E-state index in [4.69, 9.17) is 9.47 Å². The van der Waals surface area contributed by atoms with E-state index in [0.717, 1.165) is 16.7 Å². The van der Waals surface area contributed by atoms with Crippen LogP contribution in [0.5, 0.6) is 11.5 Å². The Kier molecular flexibility index (Phi) is 5.79. The second-order valence-electron chi connectivity index (χ2n) is 8.68. The van der Waals surface area contributed by atoms with Gasteiger partial charge in [-0.2, -0.15) is 4.31 Å². The van der Waals surface area contributed by atoms with Crippen LogP contribution in [0.3, 0.4) is 0 Å². The molecule has 2 atom stereocenters. The number of carbonyl (C=O) groups excluding carboxylic acids is 1. The number of nitrogens with one attached hydrogen (secondary N) is 1. The Morgan fingerprint density at radius 3 is 2.41 bits per heavy atom. The molecule has 0 spiro atoms. The highest BCUT2D eigenvalue weighted by atomic mass is 32.2. The van der Waals surface area contributed by atoms with Gasteiger partial charge >= 0.3 is 0 Å². The summed E-state index contributed by atoms with van der Waals surface area (Å²) >= 11 is 0. The predicted molar refractivity (Wildman–Crippen MR) is 128 cm³/mol. The lowest BCUT2D eigenvalue weighted by Gasteiger charge is -2.31. The van der Waals surface area contributed by atoms with Crippen LogP contribution in [0.4, 0.5) is 5.69 Å². The first kappa shape index (κ1) is 22.4. The monoisotopic (exact) mass is 478 g/mol. The average molecular weight is 479 g/mol. The molecular formula is C26H26N2O5S. The molecule has 176 valence electrons. The number of ether oxygens (including phenoxy) is 2. The van der Waals surface area contributed by atoms with Crippen molar-refractivity contribution in [2.75, 3.05) is 11.9 Å². The van der Waals surface area contributed by atoms with Crippen LogP contribution in [0, 0.1) is 6.92 Å². The lowest BCUT2D eigenvalue weighted by molar-refractivity contribution is -0.128. The van der Waals surface area contributed by atoms with Crippen LogP contribution in [-0.2, 0) is 27.8 Å². The molecular weight excluding hydrogens is 452 g/mol. The molecule has 8 heteroatoms. The van der Waals surface area contributed by atoms with E-state index in [1.165, 1.54) is 4.31 Å². The Labute approximate surface area is 199 Å². The third-order valence-electron chi connectivity index (χ3n) is 6.21. The van der Waals surface area contributed by atoms with E-state index < -0.39 is 22.2 Å². The maximum atomic E-state index is 13.1. The fourth-order valence-electron chi connectivity index (χ4n) is 4.29. The molecule has 7 nitrogen and oxygen atoms in total. The zero-order valence-electron chi connectivity index (χ0n) is 19.0. The first-order valence-electron chi connectivity index (χ1n) is 11.2. The number of nitrogens with zero attached hydrogens (tertiary/aromatic N) is 1. The molecule has 3 aromatic carbocycles. The van der Waals surface area contributed by atoms with Gasteiger partial charge < -0.3 is 14.8 Å². The Balaban J connectivity index is 1.32. The molecule has 0 saturated heterocycles. The van der Waals surface area contributed by atoms with Crippen molar-refractivity contribution in [2.45, 2.75) is 43.9 Å². The summed E-state index contributed by atoms with van der Waals surface area (Å²) in [4.78, 5) is 13.3. The number of hydrogen-bond acceptors (Lipinski definition) is 5. The van der Waals surface area contributed by atoms with Gasteiger partial charge in [0.2, 0.25) is 16.1 Å². The molecule has 34 heavy (non-hydrogen) atoms. The number of amides is 1. The van der Waals surface area contributed by atoms with Crippen LogP contribution in [-0.4, -0.2) is 37.4 Å². The van der Waals surface area contributed by atoms with E-state index >= 15 is 0 Å². The Bertz CT molecular complexity index is 1340. The van der Waals surface area contributed by atoms with Crippen molar-refractivity contribution in [3.05, 3.63) is 83.4 Å². The summed E-state index contributed by atoms with van der Waals surface area (Å²) in [5.41, 5.74) is 3.55. The van der Waals surface area contributed by atoms with E-state index in [-0.39, 0.29) is 17.3 Å². The van der Waals surface area contributed by atoms with Crippen molar-refractivity contribution < 1.29 is 22.7 Å². The van der Waals surface area contributed by atoms with Gasteiger partial charge in [-0.05, 0) is 67.8 Å². The van der Waals surface area contributed by atoms with Crippen molar-refractivity contribution in [1.29, 1.82) is 0 Å². The van der Waals surface area contributed by atoms with Gasteiger partial charge in [0.1, 0.15) is 6.10 Å². The first-order valence-corrected chi connectivity index (χ1v) is 12.7. The average Bonchev–Trinajstić information content (AvgIpc) is 2.83. The van der Waals surface area contributed by atoms with Gasteiger partial charge in [0.05, 0.1) is 4.90 Å². The van der Waals surface area contributed by atoms with Gasteiger partial charge in [0.15, 0.2) is 11.5 Å². The van der Waals surface area contributed by atoms with Crippen molar-refractivity contribution in [1.82, 2.24) is 4.31 Å². The van der Waals surface area contributed by atoms with E-state index in [2.05, 4.69) is 5.32 Å². The topological polar surface area (TPSA) is 84.9 Å². The molecule has 0 bridgehead atoms. The Hall–Kier alpha value is -3.36. The fraction of sp³-hybridized carbons (Fsp3) is 0.269. The second-order valence-corrected chi connectivity index (χ2v) is 10.6. The molecule has 0 aliphatic carbocycles. The molecule has 1 N–H and O–H groups in total. The highest BCUT2D eigenvalue weighted by Gasteiger charge is 2.34. The maximum absolute atomic E-state index is 13.1. The maximum Gasteiger partial charge on any atom is 0.269 e. The van der Waals surface area contributed by atoms with Crippen molar-refractivity contribution >= 4 is 21.6 Å². The Morgan fingerprint density at radius 2 is 1.68 bits per heavy atom. The minimum absolute atomic E-state index is 0.252. The standard InChI is InChI=1S/C26H26N2O5S/c1-17-7-11-22(12-8-17)34(30,31)28-14-13-19-9-10-21(15-20(19)16-28)27-26(29)25-18(2)32-23-5-3-4-6-24(23)33-25/h3-12,15,18,25H,13-14,16H2,1-2H3,(H,27,29). The summed E-state index contributed by atoms with van der Waals surface area (Å²) in [5, 5.41) is 2.90. The second kappa shape index (κ2) is 8.77. The molecule has 3 aromatic rings. The molecule has 2 unspecified atom stereocenters. The minimum atomic E-state index is -3.60. The van der Waals surface area contributed by atoms with E-state index in [0.29, 0.717) is 30.2 Å². The van der Waals surface area contributed by atoms with Gasteiger partial charge in [0, 0.05) is 18.8 Å². The van der Waals surface area contributed by atoms with Gasteiger partial charge in [-0.1, -0.05) is 35.9 Å². The minimum Gasteiger partial charge on any atom is -0.482 e. The number of anilines is 1. The number of aryl methyl sites for hydroxylation is 1. The molecule has 0 aromatic heterocycles. The van der Waals surface area contributed by atoms with Crippen LogP contribution in [0.25, 0.3) is 0 Å². The van der Waals surface area contributed by atoms with E-state index in [1.54, 1.807) is 43.3 Å². The Morgan fingerprint density at radius 1 is 0.971 bits per heavy atom. The smallest absolute Gasteiger partial charge is 0.269 e. The predicted octanol–water partition coefficient (Wildman–Crippen LogP) is 3.91. The summed E-state index contributed by atoms with van der Waals surface area (Å²) in [5.74, 6) is 0.827. The normalized spacial score (nSPS) is 19.8. The third-order valence-corrected chi connectivity index (χ3v) is 8.07. The zero-order chi connectivity index (χ0) is 23.9. The zero-order valence-corrected chi connectivity index (χ0v) is 19.8. The van der Waals surface area contributed by atoms with E-state index in [1.807, 2.05) is 37.3 Å². The number of benzene rings is 3. The lowest BCUT2D eigenvalue weighted by Crippen LogP contribution is -2.46. The SMILES string of the molecule is Cc1ccc(S(=O)(=O)N2CCc3ccc(NC(=O)C4Oc5ccccc5OC4C)cc3C2)cc1. The number of fused-ring (bicyclic) bond motifs is 2. The van der Waals surface area contributed by atoms with Crippen molar-refractivity contribution in [2.24, 2.45) is 0 Å². The summed E-state index contributed by atoms with van der Waals surface area (Å²) in [6, 6.07) is 19.8. The third kappa shape index (κ3) is 4.26. The summed E-state index contributed by atoms with van der Waals surface area (Å²) in [7, 11) is -3.60. The number of para-hydroxylation sites is 2. The first-order chi connectivity index (χ1) is 16.3. The summed E-state index contributed by atoms with van der Waals surface area (Å²) in [6.07, 6.45) is -0.644. The quantitative estimate of drug-likeness (QED) is 0.615. The van der Waals surface area contributed by atoms with Crippen LogP contribution in [0.15, 0.2) is 71.6 Å². The fourth-order valence-corrected chi connectivity index (χ4v) is 5.71. The van der Waals surface area contributed by atoms with Crippen molar-refractivity contribution in [3.63, 3.8) is 0 Å². The number of hydrogen-bond donors (Lipinski definition) is 1. The summed E-state index contributed by atoms with van der Waals surface area (Å²) in [6.45, 7) is 4.38. The molecule has 1 amide bonds. The molecule has 5 rings (SSSR count). The van der Waals surface area contributed by atoms with Crippen molar-refractivity contribution in [3.8, 4) is 11.5 Å². The molecule has 2 heterocycles. The van der Waals surface area contributed by atoms with Crippen LogP contribution in [0.1, 0.15) is 23.6 Å². The van der Waals surface area contributed by atoms with Gasteiger partial charge in [-0.25, -0.2) is 8.42 Å². The lowest BCUT2D eigenvalue weighted by atomic mass is 10.0. The molecule has 0 radical (unpaired) electrons. The van der Waals surface area contributed by atoms with Gasteiger partial charge in [0.25, 0.3) is 5.91 Å². The number of rotatable bonds is 4. The molecule has 2 aliphatic heterocycles.